The van der Waals surface area contributed by atoms with Gasteiger partial charge in [-0.1, -0.05) is 37.1 Å². The van der Waals surface area contributed by atoms with E-state index < -0.39 is 10.0 Å². The smallest absolute Gasteiger partial charge is 0.276 e. The molecule has 2 aromatic rings. The third kappa shape index (κ3) is 4.71. The van der Waals surface area contributed by atoms with Crippen LogP contribution in [0.1, 0.15) is 24.5 Å². The Balaban J connectivity index is 2.11. The third-order valence-corrected chi connectivity index (χ3v) is 4.61. The maximum absolute atomic E-state index is 12.1. The third-order valence-electron chi connectivity index (χ3n) is 3.14. The van der Waals surface area contributed by atoms with Crippen molar-refractivity contribution in [2.24, 2.45) is 5.10 Å². The van der Waals surface area contributed by atoms with Crippen molar-refractivity contribution in [3.63, 3.8) is 0 Å². The summed E-state index contributed by atoms with van der Waals surface area (Å²) in [7, 11) is -3.75. The molecule has 0 aliphatic heterocycles. The fourth-order valence-corrected chi connectivity index (χ4v) is 2.94. The maximum atomic E-state index is 12.1. The first kappa shape index (κ1) is 17.3. The SMILES string of the molecule is CCCc1ccc(S(=O)(=O)NN=Cc2cc(Cl)ccc2O)cc1. The number of hydrogen-bond donors (Lipinski definition) is 2. The van der Waals surface area contributed by atoms with Gasteiger partial charge in [0.15, 0.2) is 0 Å². The van der Waals surface area contributed by atoms with Crippen molar-refractivity contribution < 1.29 is 13.5 Å². The Kier molecular flexibility index (Phi) is 5.63. The average Bonchev–Trinajstić information content (AvgIpc) is 2.51. The highest BCUT2D eigenvalue weighted by Gasteiger charge is 2.12. The van der Waals surface area contributed by atoms with Crippen LogP contribution < -0.4 is 4.83 Å². The first-order chi connectivity index (χ1) is 10.9. The number of aryl methyl sites for hydroxylation is 1. The van der Waals surface area contributed by atoms with Gasteiger partial charge in [0, 0.05) is 10.6 Å². The van der Waals surface area contributed by atoms with Crippen LogP contribution >= 0.6 is 11.6 Å². The Bertz CT molecular complexity index is 803. The molecule has 5 nitrogen and oxygen atoms in total. The molecule has 2 aromatic carbocycles. The molecular weight excluding hydrogens is 336 g/mol. The number of hydrogen-bond acceptors (Lipinski definition) is 4. The quantitative estimate of drug-likeness (QED) is 0.618. The molecule has 0 unspecified atom stereocenters. The number of phenols is 1. The lowest BCUT2D eigenvalue weighted by atomic mass is 10.1. The minimum atomic E-state index is -3.75. The van der Waals surface area contributed by atoms with E-state index in [2.05, 4.69) is 16.9 Å². The number of sulfonamides is 1. The van der Waals surface area contributed by atoms with Gasteiger partial charge in [-0.2, -0.15) is 13.5 Å². The van der Waals surface area contributed by atoms with E-state index >= 15 is 0 Å². The first-order valence-electron chi connectivity index (χ1n) is 7.04. The van der Waals surface area contributed by atoms with Gasteiger partial charge in [-0.3, -0.25) is 0 Å². The Morgan fingerprint density at radius 1 is 1.22 bits per heavy atom. The van der Waals surface area contributed by atoms with Crippen molar-refractivity contribution in [3.8, 4) is 5.75 Å². The monoisotopic (exact) mass is 352 g/mol. The molecule has 0 radical (unpaired) electrons. The van der Waals surface area contributed by atoms with Gasteiger partial charge in [-0.15, -0.1) is 0 Å². The lowest BCUT2D eigenvalue weighted by molar-refractivity contribution is 0.474. The van der Waals surface area contributed by atoms with Gasteiger partial charge >= 0.3 is 0 Å². The molecule has 0 aliphatic carbocycles. The zero-order valence-corrected chi connectivity index (χ0v) is 14.1. The standard InChI is InChI=1S/C16H17ClN2O3S/c1-2-3-12-4-7-15(8-5-12)23(21,22)19-18-11-13-10-14(17)6-9-16(13)20/h4-11,19-20H,2-3H2,1H3. The van der Waals surface area contributed by atoms with E-state index in [9.17, 15) is 13.5 Å². The van der Waals surface area contributed by atoms with Crippen molar-refractivity contribution in [3.05, 3.63) is 58.6 Å². The van der Waals surface area contributed by atoms with Crippen molar-refractivity contribution >= 4 is 27.8 Å². The molecule has 0 amide bonds. The van der Waals surface area contributed by atoms with E-state index in [1.807, 2.05) is 0 Å². The van der Waals surface area contributed by atoms with Crippen LogP contribution in [0.3, 0.4) is 0 Å². The molecule has 23 heavy (non-hydrogen) atoms. The number of aromatic hydroxyl groups is 1. The Hall–Kier alpha value is -2.05. The number of nitrogens with one attached hydrogen (secondary N) is 1. The van der Waals surface area contributed by atoms with Crippen LogP contribution in [0.4, 0.5) is 0 Å². The molecule has 0 saturated carbocycles. The van der Waals surface area contributed by atoms with Gasteiger partial charge < -0.3 is 5.11 Å². The topological polar surface area (TPSA) is 78.8 Å². The summed E-state index contributed by atoms with van der Waals surface area (Å²) >= 11 is 5.81. The second-order valence-corrected chi connectivity index (χ2v) is 7.05. The van der Waals surface area contributed by atoms with Crippen LogP contribution in [-0.2, 0) is 16.4 Å². The first-order valence-corrected chi connectivity index (χ1v) is 8.91. The van der Waals surface area contributed by atoms with Crippen LogP contribution in [0.5, 0.6) is 5.75 Å². The zero-order valence-electron chi connectivity index (χ0n) is 12.5. The molecule has 0 atom stereocenters. The number of hydrazone groups is 1. The highest BCUT2D eigenvalue weighted by molar-refractivity contribution is 7.89. The van der Waals surface area contributed by atoms with E-state index in [0.29, 0.717) is 10.6 Å². The van der Waals surface area contributed by atoms with Gasteiger partial charge in [0.2, 0.25) is 0 Å². The molecule has 0 aliphatic rings. The number of rotatable bonds is 6. The van der Waals surface area contributed by atoms with E-state index in [1.54, 1.807) is 24.3 Å². The van der Waals surface area contributed by atoms with Crippen molar-refractivity contribution in [2.45, 2.75) is 24.7 Å². The lowest BCUT2D eigenvalue weighted by Gasteiger charge is -2.05. The lowest BCUT2D eigenvalue weighted by Crippen LogP contribution is -2.18. The molecular formula is C16H17ClN2O3S. The fourth-order valence-electron chi connectivity index (χ4n) is 1.97. The number of benzene rings is 2. The zero-order chi connectivity index (χ0) is 16.9. The molecule has 2 N–H and O–H groups in total. The van der Waals surface area contributed by atoms with E-state index in [4.69, 9.17) is 11.6 Å². The van der Waals surface area contributed by atoms with Crippen molar-refractivity contribution in [1.29, 1.82) is 0 Å². The second kappa shape index (κ2) is 7.48. The van der Waals surface area contributed by atoms with Gasteiger partial charge in [-0.25, -0.2) is 4.83 Å². The average molecular weight is 353 g/mol. The molecule has 2 rings (SSSR count). The molecule has 0 heterocycles. The summed E-state index contributed by atoms with van der Waals surface area (Å²) in [5.41, 5.74) is 1.40. The maximum Gasteiger partial charge on any atom is 0.276 e. The summed E-state index contributed by atoms with van der Waals surface area (Å²) in [6.07, 6.45) is 3.10. The molecule has 0 saturated heterocycles. The number of halogens is 1. The summed E-state index contributed by atoms with van der Waals surface area (Å²) in [5.74, 6) is -0.0405. The van der Waals surface area contributed by atoms with Crippen LogP contribution in [0.2, 0.25) is 5.02 Å². The molecule has 0 fully saturated rings. The van der Waals surface area contributed by atoms with E-state index in [1.165, 1.54) is 24.4 Å². The van der Waals surface area contributed by atoms with Crippen LogP contribution in [-0.4, -0.2) is 19.7 Å². The fraction of sp³-hybridized carbons (Fsp3) is 0.188. The summed E-state index contributed by atoms with van der Waals surface area (Å²) in [4.78, 5) is 2.24. The van der Waals surface area contributed by atoms with Crippen molar-refractivity contribution in [1.82, 2.24) is 4.83 Å². The summed E-state index contributed by atoms with van der Waals surface area (Å²) in [6.45, 7) is 2.06. The number of nitrogens with zero attached hydrogens (tertiary/aromatic N) is 1. The van der Waals surface area contributed by atoms with Crippen LogP contribution in [0, 0.1) is 0 Å². The normalized spacial score (nSPS) is 11.7. The van der Waals surface area contributed by atoms with Gasteiger partial charge in [0.1, 0.15) is 5.75 Å². The Morgan fingerprint density at radius 3 is 2.57 bits per heavy atom. The predicted molar refractivity (Wildman–Crippen MR) is 91.5 cm³/mol. The molecule has 0 spiro atoms. The van der Waals surface area contributed by atoms with Gasteiger partial charge in [0.05, 0.1) is 11.1 Å². The largest absolute Gasteiger partial charge is 0.507 e. The van der Waals surface area contributed by atoms with Gasteiger partial charge in [-0.05, 0) is 42.3 Å². The Morgan fingerprint density at radius 2 is 1.91 bits per heavy atom. The molecule has 122 valence electrons. The summed E-state index contributed by atoms with van der Waals surface area (Å²) in [6, 6.07) is 11.1. The predicted octanol–water partition coefficient (Wildman–Crippen LogP) is 3.31. The molecule has 0 bridgehead atoms. The van der Waals surface area contributed by atoms with E-state index in [-0.39, 0.29) is 10.6 Å². The molecule has 0 aromatic heterocycles. The Labute approximate surface area is 140 Å². The van der Waals surface area contributed by atoms with Crippen LogP contribution in [0.25, 0.3) is 0 Å². The number of phenolic OH excluding ortho intramolecular Hbond substituents is 1. The highest BCUT2D eigenvalue weighted by Crippen LogP contribution is 2.19. The minimum absolute atomic E-state index is 0.0405. The highest BCUT2D eigenvalue weighted by atomic mass is 35.5. The van der Waals surface area contributed by atoms with Crippen LogP contribution in [0.15, 0.2) is 52.5 Å². The minimum Gasteiger partial charge on any atom is -0.507 e. The summed E-state index contributed by atoms with van der Waals surface area (Å²) in [5, 5.41) is 13.7. The van der Waals surface area contributed by atoms with E-state index in [0.717, 1.165) is 18.4 Å². The second-order valence-electron chi connectivity index (χ2n) is 4.95. The molecule has 7 heteroatoms. The van der Waals surface area contributed by atoms with Gasteiger partial charge in [0.25, 0.3) is 10.0 Å². The summed E-state index contributed by atoms with van der Waals surface area (Å²) < 4.78 is 24.3. The van der Waals surface area contributed by atoms with Crippen molar-refractivity contribution in [2.75, 3.05) is 0 Å².